The lowest BCUT2D eigenvalue weighted by Crippen LogP contribution is -2.33. The second kappa shape index (κ2) is 18.2. The van der Waals surface area contributed by atoms with Crippen LogP contribution in [0.4, 0.5) is 0 Å². The zero-order chi connectivity index (χ0) is 13.4. The highest BCUT2D eigenvalue weighted by Gasteiger charge is 2.08. The molecule has 0 aliphatic carbocycles. The number of hydrogen-bond donors (Lipinski definition) is 1. The van der Waals surface area contributed by atoms with Crippen molar-refractivity contribution in [1.82, 2.24) is 4.90 Å². The van der Waals surface area contributed by atoms with Gasteiger partial charge in [-0.3, -0.25) is 0 Å². The largest absolute Gasteiger partial charge is 0.400 e. The maximum atomic E-state index is 7.00. The van der Waals surface area contributed by atoms with Crippen molar-refractivity contribution in [1.29, 1.82) is 0 Å². The Bertz CT molecular complexity index is 144. The third-order valence-corrected chi connectivity index (χ3v) is 3.62. The molecule has 1 aliphatic rings. The minimum Gasteiger partial charge on any atom is -0.400 e. The van der Waals surface area contributed by atoms with E-state index in [4.69, 9.17) is 5.11 Å². The molecule has 1 aliphatic heterocycles. The molecule has 1 N–H and O–H groups in total. The van der Waals surface area contributed by atoms with Crippen LogP contribution in [-0.4, -0.2) is 48.3 Å². The second-order valence-electron chi connectivity index (χ2n) is 3.87. The molecular formula is C14H29NOS. The molecule has 1 saturated heterocycles. The Labute approximate surface area is 112 Å². The average Bonchev–Trinajstić information content (AvgIpc) is 2.44. The van der Waals surface area contributed by atoms with Crippen LogP contribution in [0, 0.1) is 12.8 Å². The number of terminal acetylenes is 1. The monoisotopic (exact) mass is 259 g/mol. The SMILES string of the molecule is C#C.CCCCCCCN1CCSCC1.CO. The van der Waals surface area contributed by atoms with Crippen LogP contribution in [0.1, 0.15) is 39.0 Å². The van der Waals surface area contributed by atoms with E-state index in [1.165, 1.54) is 63.2 Å². The third-order valence-electron chi connectivity index (χ3n) is 2.68. The van der Waals surface area contributed by atoms with Gasteiger partial charge in [-0.05, 0) is 13.0 Å². The minimum atomic E-state index is 1.00. The summed E-state index contributed by atoms with van der Waals surface area (Å²) < 4.78 is 0. The van der Waals surface area contributed by atoms with E-state index in [1.807, 2.05) is 0 Å². The lowest BCUT2D eigenvalue weighted by molar-refractivity contribution is 0.294. The number of thioether (sulfide) groups is 1. The fourth-order valence-electron chi connectivity index (χ4n) is 1.76. The molecule has 0 unspecified atom stereocenters. The van der Waals surface area contributed by atoms with Gasteiger partial charge in [0.2, 0.25) is 0 Å². The van der Waals surface area contributed by atoms with E-state index in [1.54, 1.807) is 0 Å². The summed E-state index contributed by atoms with van der Waals surface area (Å²) >= 11 is 2.10. The lowest BCUT2D eigenvalue weighted by Gasteiger charge is -2.25. The van der Waals surface area contributed by atoms with E-state index in [0.29, 0.717) is 0 Å². The van der Waals surface area contributed by atoms with Crippen LogP contribution in [-0.2, 0) is 0 Å². The van der Waals surface area contributed by atoms with Crippen LogP contribution in [0.3, 0.4) is 0 Å². The van der Waals surface area contributed by atoms with Crippen molar-refractivity contribution in [3.63, 3.8) is 0 Å². The molecule has 0 spiro atoms. The Morgan fingerprint density at radius 1 is 1.00 bits per heavy atom. The number of aliphatic hydroxyl groups is 1. The molecule has 102 valence electrons. The van der Waals surface area contributed by atoms with Crippen LogP contribution in [0.2, 0.25) is 0 Å². The first-order chi connectivity index (χ1) is 8.43. The molecule has 17 heavy (non-hydrogen) atoms. The van der Waals surface area contributed by atoms with Crippen LogP contribution in [0.15, 0.2) is 0 Å². The van der Waals surface area contributed by atoms with Crippen molar-refractivity contribution in [2.45, 2.75) is 39.0 Å². The first kappa shape index (κ1) is 19.2. The maximum Gasteiger partial charge on any atom is 0.0319 e. The summed E-state index contributed by atoms with van der Waals surface area (Å²) in [6, 6.07) is 0. The van der Waals surface area contributed by atoms with Crippen molar-refractivity contribution in [2.75, 3.05) is 38.2 Å². The van der Waals surface area contributed by atoms with Gasteiger partial charge in [0.05, 0.1) is 0 Å². The predicted molar refractivity (Wildman–Crippen MR) is 80.6 cm³/mol. The van der Waals surface area contributed by atoms with Gasteiger partial charge in [-0.2, -0.15) is 11.8 Å². The van der Waals surface area contributed by atoms with Crippen molar-refractivity contribution in [3.8, 4) is 12.8 Å². The Balaban J connectivity index is 0. The first-order valence-corrected chi connectivity index (χ1v) is 7.67. The maximum absolute atomic E-state index is 7.00. The van der Waals surface area contributed by atoms with Gasteiger partial charge in [0, 0.05) is 31.7 Å². The summed E-state index contributed by atoms with van der Waals surface area (Å²) in [6.45, 7) is 6.29. The van der Waals surface area contributed by atoms with E-state index in [2.05, 4.69) is 36.4 Å². The first-order valence-electron chi connectivity index (χ1n) is 6.51. The molecule has 0 aromatic carbocycles. The Hall–Kier alpha value is -0.170. The third kappa shape index (κ3) is 13.8. The fourth-order valence-corrected chi connectivity index (χ4v) is 2.74. The molecule has 2 nitrogen and oxygen atoms in total. The molecule has 0 radical (unpaired) electrons. The molecule has 0 bridgehead atoms. The Morgan fingerprint density at radius 2 is 1.53 bits per heavy atom. The molecule has 1 fully saturated rings. The lowest BCUT2D eigenvalue weighted by atomic mass is 10.1. The highest BCUT2D eigenvalue weighted by Crippen LogP contribution is 2.10. The molecule has 0 atom stereocenters. The highest BCUT2D eigenvalue weighted by atomic mass is 32.2. The zero-order valence-corrected chi connectivity index (χ0v) is 12.3. The van der Waals surface area contributed by atoms with Gasteiger partial charge in [0.1, 0.15) is 0 Å². The van der Waals surface area contributed by atoms with Crippen molar-refractivity contribution in [3.05, 3.63) is 0 Å². The van der Waals surface area contributed by atoms with Crippen LogP contribution >= 0.6 is 11.8 Å². The second-order valence-corrected chi connectivity index (χ2v) is 5.09. The smallest absolute Gasteiger partial charge is 0.0319 e. The summed E-state index contributed by atoms with van der Waals surface area (Å²) in [5.41, 5.74) is 0. The minimum absolute atomic E-state index is 1.00. The van der Waals surface area contributed by atoms with E-state index in [0.717, 1.165) is 7.11 Å². The summed E-state index contributed by atoms with van der Waals surface area (Å²) in [5, 5.41) is 7.00. The van der Waals surface area contributed by atoms with E-state index in [-0.39, 0.29) is 0 Å². The van der Waals surface area contributed by atoms with Crippen molar-refractivity contribution >= 4 is 11.8 Å². The number of rotatable bonds is 6. The normalized spacial score (nSPS) is 15.1. The number of aliphatic hydroxyl groups excluding tert-OH is 1. The topological polar surface area (TPSA) is 23.5 Å². The molecule has 0 aromatic heterocycles. The molecule has 1 rings (SSSR count). The fraction of sp³-hybridized carbons (Fsp3) is 0.857. The van der Waals surface area contributed by atoms with Crippen molar-refractivity contribution in [2.24, 2.45) is 0 Å². The molecular weight excluding hydrogens is 230 g/mol. The molecule has 3 heteroatoms. The molecule has 1 heterocycles. The summed E-state index contributed by atoms with van der Waals surface area (Å²) in [5.74, 6) is 2.71. The zero-order valence-electron chi connectivity index (χ0n) is 11.5. The van der Waals surface area contributed by atoms with Crippen LogP contribution in [0.25, 0.3) is 0 Å². The van der Waals surface area contributed by atoms with E-state index < -0.39 is 0 Å². The number of hydrogen-bond acceptors (Lipinski definition) is 3. The van der Waals surface area contributed by atoms with E-state index in [9.17, 15) is 0 Å². The highest BCUT2D eigenvalue weighted by molar-refractivity contribution is 7.99. The molecule has 0 aromatic rings. The van der Waals surface area contributed by atoms with Gasteiger partial charge in [-0.25, -0.2) is 0 Å². The summed E-state index contributed by atoms with van der Waals surface area (Å²) in [6.07, 6.45) is 15.1. The van der Waals surface area contributed by atoms with Gasteiger partial charge < -0.3 is 10.0 Å². The van der Waals surface area contributed by atoms with Gasteiger partial charge in [-0.15, -0.1) is 12.8 Å². The molecule has 0 saturated carbocycles. The number of nitrogens with zero attached hydrogens (tertiary/aromatic N) is 1. The van der Waals surface area contributed by atoms with Crippen LogP contribution in [0.5, 0.6) is 0 Å². The summed E-state index contributed by atoms with van der Waals surface area (Å²) in [4.78, 5) is 2.63. The Morgan fingerprint density at radius 3 is 2.06 bits per heavy atom. The average molecular weight is 259 g/mol. The standard InChI is InChI=1S/C11H23NS.C2H2.CH4O/c1-2-3-4-5-6-7-12-8-10-13-11-9-12;2*1-2/h2-11H2,1H3;1-2H;2H,1H3. The number of unbranched alkanes of at least 4 members (excludes halogenated alkanes) is 4. The van der Waals surface area contributed by atoms with Gasteiger partial charge in [-0.1, -0.05) is 32.6 Å². The van der Waals surface area contributed by atoms with Crippen molar-refractivity contribution < 1.29 is 5.11 Å². The molecule has 0 amide bonds. The summed E-state index contributed by atoms with van der Waals surface area (Å²) in [7, 11) is 1.00. The van der Waals surface area contributed by atoms with Gasteiger partial charge in [0.15, 0.2) is 0 Å². The van der Waals surface area contributed by atoms with Crippen LogP contribution < -0.4 is 0 Å². The van der Waals surface area contributed by atoms with Gasteiger partial charge in [0.25, 0.3) is 0 Å². The Kier molecular flexibility index (Phi) is 20.5. The van der Waals surface area contributed by atoms with Gasteiger partial charge >= 0.3 is 0 Å². The predicted octanol–water partition coefficient (Wildman–Crippen LogP) is 2.86. The quantitative estimate of drug-likeness (QED) is 0.586. The van der Waals surface area contributed by atoms with E-state index >= 15 is 0 Å².